The first-order chi connectivity index (χ1) is 17.5. The van der Waals surface area contributed by atoms with E-state index in [2.05, 4.69) is 33.5 Å². The van der Waals surface area contributed by atoms with Crippen LogP contribution in [0.2, 0.25) is 0 Å². The van der Waals surface area contributed by atoms with Gasteiger partial charge in [-0.2, -0.15) is 4.98 Å². The fraction of sp³-hybridized carbons (Fsp3) is 0.731. The summed E-state index contributed by atoms with van der Waals surface area (Å²) >= 11 is 0. The molecule has 3 aromatic rings. The second kappa shape index (κ2) is 9.95. The third kappa shape index (κ3) is 4.67. The molecule has 6 rings (SSSR count). The van der Waals surface area contributed by atoms with Gasteiger partial charge in [-0.15, -0.1) is 5.10 Å². The van der Waals surface area contributed by atoms with Gasteiger partial charge in [0.25, 0.3) is 5.89 Å². The Morgan fingerprint density at radius 3 is 2.50 bits per heavy atom. The Labute approximate surface area is 210 Å². The quantitative estimate of drug-likeness (QED) is 0.562. The summed E-state index contributed by atoms with van der Waals surface area (Å²) in [5.74, 6) is 3.22. The summed E-state index contributed by atoms with van der Waals surface area (Å²) in [6, 6.07) is 0. The summed E-state index contributed by atoms with van der Waals surface area (Å²) in [5.41, 5.74) is 2.75. The van der Waals surface area contributed by atoms with Gasteiger partial charge in [0.05, 0.1) is 18.9 Å². The number of rotatable bonds is 5. The normalized spacial score (nSPS) is 27.6. The third-order valence-electron chi connectivity index (χ3n) is 8.43. The van der Waals surface area contributed by atoms with Crippen molar-refractivity contribution < 1.29 is 9.15 Å². The lowest BCUT2D eigenvalue weighted by atomic mass is 9.80. The van der Waals surface area contributed by atoms with Crippen molar-refractivity contribution >= 4 is 17.1 Å². The molecule has 2 saturated carbocycles. The average Bonchev–Trinajstić information content (AvgIpc) is 3.49. The van der Waals surface area contributed by atoms with Crippen LogP contribution < -0.4 is 10.7 Å². The van der Waals surface area contributed by atoms with Crippen LogP contribution >= 0.6 is 0 Å². The molecule has 2 aliphatic carbocycles. The smallest absolute Gasteiger partial charge is 0.384 e. The second-order valence-corrected chi connectivity index (χ2v) is 11.2. The molecule has 4 heterocycles. The van der Waals surface area contributed by atoms with E-state index in [4.69, 9.17) is 24.1 Å². The SMILES string of the molecule is CC1CCC(Cn2c(N3CCOCC3)nc3nc(-c4n[nH]c(=O)o4)nc(C4CCCC(C)C4)c32)CC1. The standard InChI is InChI=1S/C26H37N7O3/c1-16-6-8-18(9-7-16)15-33-21-20(19-5-3-4-17(2)14-19)27-23(24-30-31-26(34)36-24)28-22(21)29-25(33)32-10-12-35-13-11-32/h16-19H,3-15H2,1-2H3,(H,31,34). The van der Waals surface area contributed by atoms with Crippen molar-refractivity contribution in [3.8, 4) is 11.7 Å². The topological polar surface area (TPSA) is 115 Å². The van der Waals surface area contributed by atoms with Crippen LogP contribution in [-0.4, -0.2) is 56.0 Å². The molecule has 3 aromatic heterocycles. The summed E-state index contributed by atoms with van der Waals surface area (Å²) in [4.78, 5) is 29.0. The highest BCUT2D eigenvalue weighted by Gasteiger charge is 2.31. The third-order valence-corrected chi connectivity index (χ3v) is 8.43. The number of ether oxygens (including phenoxy) is 1. The van der Waals surface area contributed by atoms with E-state index >= 15 is 0 Å². The predicted molar refractivity (Wildman–Crippen MR) is 136 cm³/mol. The predicted octanol–water partition coefficient (Wildman–Crippen LogP) is 4.13. The first kappa shape index (κ1) is 23.6. The summed E-state index contributed by atoms with van der Waals surface area (Å²) in [7, 11) is 0. The molecule has 10 nitrogen and oxygen atoms in total. The highest BCUT2D eigenvalue weighted by molar-refractivity contribution is 5.80. The van der Waals surface area contributed by atoms with Gasteiger partial charge in [0.2, 0.25) is 11.8 Å². The van der Waals surface area contributed by atoms with E-state index in [0.29, 0.717) is 42.4 Å². The van der Waals surface area contributed by atoms with Crippen molar-refractivity contribution in [2.24, 2.45) is 17.8 Å². The van der Waals surface area contributed by atoms with Gasteiger partial charge in [0, 0.05) is 25.6 Å². The minimum atomic E-state index is -0.604. The Hall–Kier alpha value is -2.75. The van der Waals surface area contributed by atoms with Crippen molar-refractivity contribution in [2.45, 2.75) is 77.7 Å². The fourth-order valence-corrected chi connectivity index (χ4v) is 6.39. The number of aromatic nitrogens is 6. The van der Waals surface area contributed by atoms with Gasteiger partial charge in [0.15, 0.2) is 5.65 Å². The average molecular weight is 496 g/mol. The van der Waals surface area contributed by atoms with Crippen LogP contribution in [0.1, 0.15) is 76.8 Å². The number of hydrogen-bond donors (Lipinski definition) is 1. The number of nitrogens with one attached hydrogen (secondary N) is 1. The molecule has 2 atom stereocenters. The van der Waals surface area contributed by atoms with Crippen molar-refractivity contribution in [1.82, 2.24) is 29.7 Å². The second-order valence-electron chi connectivity index (χ2n) is 11.2. The van der Waals surface area contributed by atoms with Crippen molar-refractivity contribution in [2.75, 3.05) is 31.2 Å². The number of fused-ring (bicyclic) bond motifs is 1. The first-order valence-corrected chi connectivity index (χ1v) is 13.7. The van der Waals surface area contributed by atoms with Gasteiger partial charge in [0.1, 0.15) is 5.52 Å². The molecule has 3 aliphatic rings. The van der Waals surface area contributed by atoms with E-state index in [9.17, 15) is 4.79 Å². The molecule has 0 bridgehead atoms. The van der Waals surface area contributed by atoms with Crippen LogP contribution in [0.25, 0.3) is 22.9 Å². The van der Waals surface area contributed by atoms with Gasteiger partial charge in [-0.05, 0) is 43.4 Å². The summed E-state index contributed by atoms with van der Waals surface area (Å²) in [6.45, 7) is 8.67. The van der Waals surface area contributed by atoms with Crippen LogP contribution in [0, 0.1) is 17.8 Å². The van der Waals surface area contributed by atoms with Gasteiger partial charge in [-0.3, -0.25) is 0 Å². The van der Waals surface area contributed by atoms with Crippen LogP contribution in [0.3, 0.4) is 0 Å². The molecular weight excluding hydrogens is 458 g/mol. The Balaban J connectivity index is 1.50. The van der Waals surface area contributed by atoms with Crippen molar-refractivity contribution in [3.05, 3.63) is 16.2 Å². The fourth-order valence-electron chi connectivity index (χ4n) is 6.39. The lowest BCUT2D eigenvalue weighted by Crippen LogP contribution is -2.38. The number of aromatic amines is 1. The Bertz CT molecular complexity index is 1250. The van der Waals surface area contributed by atoms with E-state index in [-0.39, 0.29) is 5.89 Å². The zero-order valence-corrected chi connectivity index (χ0v) is 21.4. The molecule has 10 heteroatoms. The van der Waals surface area contributed by atoms with Crippen LogP contribution in [0.15, 0.2) is 9.21 Å². The zero-order chi connectivity index (χ0) is 24.6. The minimum absolute atomic E-state index is 0.121. The van der Waals surface area contributed by atoms with Gasteiger partial charge >= 0.3 is 5.76 Å². The molecule has 36 heavy (non-hydrogen) atoms. The molecule has 1 saturated heterocycles. The largest absolute Gasteiger partial charge is 0.434 e. The molecule has 0 spiro atoms. The molecule has 3 fully saturated rings. The number of hydrogen-bond acceptors (Lipinski definition) is 8. The Kier molecular flexibility index (Phi) is 6.54. The summed E-state index contributed by atoms with van der Waals surface area (Å²) in [6.07, 6.45) is 9.70. The monoisotopic (exact) mass is 495 g/mol. The molecule has 2 unspecified atom stereocenters. The van der Waals surface area contributed by atoms with Crippen molar-refractivity contribution in [3.63, 3.8) is 0 Å². The highest BCUT2D eigenvalue weighted by Crippen LogP contribution is 2.40. The molecule has 1 aliphatic heterocycles. The van der Waals surface area contributed by atoms with E-state index in [1.807, 2.05) is 0 Å². The number of morpholine rings is 1. The Morgan fingerprint density at radius 1 is 0.972 bits per heavy atom. The van der Waals surface area contributed by atoms with Crippen LogP contribution in [-0.2, 0) is 11.3 Å². The molecular formula is C26H37N7O3. The summed E-state index contributed by atoms with van der Waals surface area (Å²) in [5, 5.41) is 6.37. The lowest BCUT2D eigenvalue weighted by molar-refractivity contribution is 0.121. The maximum atomic E-state index is 11.7. The molecule has 0 aromatic carbocycles. The number of imidazole rings is 1. The number of nitrogens with zero attached hydrogens (tertiary/aromatic N) is 6. The van der Waals surface area contributed by atoms with E-state index < -0.39 is 5.76 Å². The highest BCUT2D eigenvalue weighted by atomic mass is 16.5. The van der Waals surface area contributed by atoms with Crippen molar-refractivity contribution in [1.29, 1.82) is 0 Å². The van der Waals surface area contributed by atoms with Gasteiger partial charge in [-0.1, -0.05) is 39.5 Å². The maximum absolute atomic E-state index is 11.7. The summed E-state index contributed by atoms with van der Waals surface area (Å²) < 4.78 is 13.3. The Morgan fingerprint density at radius 2 is 1.78 bits per heavy atom. The molecule has 194 valence electrons. The molecule has 0 radical (unpaired) electrons. The van der Waals surface area contributed by atoms with Crippen LogP contribution in [0.4, 0.5) is 5.95 Å². The van der Waals surface area contributed by atoms with E-state index in [0.717, 1.165) is 55.6 Å². The van der Waals surface area contributed by atoms with Crippen LogP contribution in [0.5, 0.6) is 0 Å². The van der Waals surface area contributed by atoms with E-state index in [1.54, 1.807) is 0 Å². The molecule has 0 amide bonds. The number of H-pyrrole nitrogens is 1. The number of anilines is 1. The zero-order valence-electron chi connectivity index (χ0n) is 21.4. The van der Waals surface area contributed by atoms with Gasteiger partial charge < -0.3 is 18.6 Å². The van der Waals surface area contributed by atoms with E-state index in [1.165, 1.54) is 38.5 Å². The molecule has 1 N–H and O–H groups in total. The maximum Gasteiger partial charge on any atom is 0.434 e. The first-order valence-electron chi connectivity index (χ1n) is 13.7. The minimum Gasteiger partial charge on any atom is -0.384 e. The lowest BCUT2D eigenvalue weighted by Gasteiger charge is -2.32. The van der Waals surface area contributed by atoms with Gasteiger partial charge in [-0.25, -0.2) is 19.9 Å².